The van der Waals surface area contributed by atoms with Gasteiger partial charge in [-0.2, -0.15) is 5.26 Å². The first-order valence-corrected chi connectivity index (χ1v) is 6.51. The van der Waals surface area contributed by atoms with Gasteiger partial charge >= 0.3 is 0 Å². The van der Waals surface area contributed by atoms with E-state index in [2.05, 4.69) is 26.8 Å². The zero-order valence-corrected chi connectivity index (χ0v) is 10.8. The van der Waals surface area contributed by atoms with Crippen LogP contribution in [0, 0.1) is 28.1 Å². The van der Waals surface area contributed by atoms with E-state index in [1.807, 2.05) is 0 Å². The van der Waals surface area contributed by atoms with Gasteiger partial charge in [-0.1, -0.05) is 20.8 Å². The van der Waals surface area contributed by atoms with Crippen molar-refractivity contribution in [3.63, 3.8) is 0 Å². The minimum Gasteiger partial charge on any atom is -0.378 e. The first-order valence-electron chi connectivity index (χ1n) is 6.51. The van der Waals surface area contributed by atoms with Crippen LogP contribution in [0.5, 0.6) is 0 Å². The molecule has 2 aliphatic carbocycles. The van der Waals surface area contributed by atoms with Crippen LogP contribution in [-0.4, -0.2) is 12.7 Å². The molecule has 0 aliphatic heterocycles. The second-order valence-corrected chi connectivity index (χ2v) is 6.23. The Kier molecular flexibility index (Phi) is 3.01. The van der Waals surface area contributed by atoms with E-state index < -0.39 is 0 Å². The predicted molar refractivity (Wildman–Crippen MR) is 63.8 cm³/mol. The predicted octanol–water partition coefficient (Wildman–Crippen LogP) is 3.52. The van der Waals surface area contributed by atoms with E-state index in [-0.39, 0.29) is 0 Å². The highest BCUT2D eigenvalue weighted by Gasteiger charge is 2.61. The molecule has 2 nitrogen and oxygen atoms in total. The van der Waals surface area contributed by atoms with Gasteiger partial charge in [0.1, 0.15) is 0 Å². The van der Waals surface area contributed by atoms with Crippen molar-refractivity contribution < 1.29 is 4.74 Å². The summed E-state index contributed by atoms with van der Waals surface area (Å²) in [5, 5.41) is 8.49. The lowest BCUT2D eigenvalue weighted by molar-refractivity contribution is -0.0468. The van der Waals surface area contributed by atoms with Gasteiger partial charge in [0, 0.05) is 13.0 Å². The maximum Gasteiger partial charge on any atom is 0.0636 e. The molecule has 0 N–H and O–H groups in total. The van der Waals surface area contributed by atoms with Crippen molar-refractivity contribution in [2.24, 2.45) is 16.7 Å². The monoisotopic (exact) mass is 221 g/mol. The minimum absolute atomic E-state index is 0.365. The number of hydrogen-bond donors (Lipinski definition) is 0. The lowest BCUT2D eigenvalue weighted by atomic mass is 9.70. The van der Waals surface area contributed by atoms with Crippen molar-refractivity contribution in [2.75, 3.05) is 6.61 Å². The molecule has 2 saturated carbocycles. The van der Waals surface area contributed by atoms with E-state index in [1.54, 1.807) is 0 Å². The molecule has 0 aromatic carbocycles. The normalized spacial score (nSPS) is 39.9. The summed E-state index contributed by atoms with van der Waals surface area (Å²) in [6.07, 6.45) is 5.86. The summed E-state index contributed by atoms with van der Waals surface area (Å²) in [5.74, 6) is 0.846. The molecule has 0 radical (unpaired) electrons. The summed E-state index contributed by atoms with van der Waals surface area (Å²) in [4.78, 5) is 0. The molecule has 0 aromatic heterocycles. The van der Waals surface area contributed by atoms with Gasteiger partial charge in [0.15, 0.2) is 0 Å². The molecule has 0 amide bonds. The Morgan fingerprint density at radius 2 is 2.12 bits per heavy atom. The quantitative estimate of drug-likeness (QED) is 0.680. The summed E-state index contributed by atoms with van der Waals surface area (Å²) in [7, 11) is 0. The van der Waals surface area contributed by atoms with E-state index in [0.717, 1.165) is 18.9 Å². The largest absolute Gasteiger partial charge is 0.378 e. The van der Waals surface area contributed by atoms with Crippen LogP contribution in [-0.2, 0) is 4.74 Å². The summed E-state index contributed by atoms with van der Waals surface area (Å²) in [6, 6.07) is 2.17. The molecule has 3 unspecified atom stereocenters. The maximum absolute atomic E-state index is 8.49. The average Bonchev–Trinajstić information content (AvgIpc) is 2.57. The number of nitriles is 1. The third-order valence-electron chi connectivity index (χ3n) is 5.47. The molecule has 2 bridgehead atoms. The number of rotatable bonds is 4. The first-order chi connectivity index (χ1) is 7.52. The van der Waals surface area contributed by atoms with Crippen molar-refractivity contribution in [2.45, 2.75) is 59.0 Å². The molecule has 90 valence electrons. The van der Waals surface area contributed by atoms with Crippen LogP contribution in [0.2, 0.25) is 0 Å². The molecular formula is C14H23NO. The third-order valence-corrected chi connectivity index (χ3v) is 5.47. The van der Waals surface area contributed by atoms with Crippen molar-refractivity contribution in [3.8, 4) is 6.07 Å². The van der Waals surface area contributed by atoms with Crippen LogP contribution >= 0.6 is 0 Å². The maximum atomic E-state index is 8.49. The molecule has 0 saturated heterocycles. The third kappa shape index (κ3) is 1.57. The second kappa shape index (κ2) is 4.04. The highest BCUT2D eigenvalue weighted by molar-refractivity contribution is 5.11. The van der Waals surface area contributed by atoms with Crippen molar-refractivity contribution in [1.29, 1.82) is 5.26 Å². The molecule has 2 aliphatic rings. The molecule has 0 aromatic rings. The average molecular weight is 221 g/mol. The number of ether oxygens (including phenoxy) is 1. The van der Waals surface area contributed by atoms with Crippen LogP contribution in [0.1, 0.15) is 52.9 Å². The zero-order chi connectivity index (χ0) is 11.8. The molecule has 3 atom stereocenters. The Balaban J connectivity index is 1.92. The van der Waals surface area contributed by atoms with E-state index in [9.17, 15) is 0 Å². The van der Waals surface area contributed by atoms with Crippen LogP contribution in [0.15, 0.2) is 0 Å². The molecule has 2 heteroatoms. The highest BCUT2D eigenvalue weighted by Crippen LogP contribution is 2.66. The fraction of sp³-hybridized carbons (Fsp3) is 0.929. The Morgan fingerprint density at radius 3 is 2.62 bits per heavy atom. The summed E-state index contributed by atoms with van der Waals surface area (Å²) in [6.45, 7) is 7.97. The lowest BCUT2D eigenvalue weighted by Gasteiger charge is -2.38. The fourth-order valence-corrected chi connectivity index (χ4v) is 3.76. The second-order valence-electron chi connectivity index (χ2n) is 6.23. The van der Waals surface area contributed by atoms with Gasteiger partial charge in [-0.15, -0.1) is 0 Å². The van der Waals surface area contributed by atoms with Crippen LogP contribution in [0.4, 0.5) is 0 Å². The van der Waals surface area contributed by atoms with Crippen LogP contribution in [0.3, 0.4) is 0 Å². The van der Waals surface area contributed by atoms with Crippen LogP contribution < -0.4 is 0 Å². The molecule has 2 fully saturated rings. The summed E-state index contributed by atoms with van der Waals surface area (Å²) < 4.78 is 6.03. The Labute approximate surface area is 99.0 Å². The van der Waals surface area contributed by atoms with E-state index in [1.165, 1.54) is 19.3 Å². The van der Waals surface area contributed by atoms with Gasteiger partial charge in [0.2, 0.25) is 0 Å². The summed E-state index contributed by atoms with van der Waals surface area (Å²) >= 11 is 0. The molecule has 0 spiro atoms. The first kappa shape index (κ1) is 11.9. The number of hydrogen-bond acceptors (Lipinski definition) is 2. The standard InChI is InChI=1S/C14H23NO/c1-13(2)11-6-7-14(13,3)12(10-11)16-9-5-4-8-15/h11-12H,4-7,9-10H2,1-3H3. The Hall–Kier alpha value is -0.550. The van der Waals surface area contributed by atoms with Crippen molar-refractivity contribution >= 4 is 0 Å². The lowest BCUT2D eigenvalue weighted by Crippen LogP contribution is -2.37. The van der Waals surface area contributed by atoms with E-state index in [0.29, 0.717) is 23.4 Å². The smallest absolute Gasteiger partial charge is 0.0636 e. The SMILES string of the molecule is CC1(C)C2CCC1(C)C(OCCCC#N)C2. The molecule has 0 heterocycles. The summed E-state index contributed by atoms with van der Waals surface area (Å²) in [5.41, 5.74) is 0.803. The topological polar surface area (TPSA) is 33.0 Å². The molecule has 16 heavy (non-hydrogen) atoms. The van der Waals surface area contributed by atoms with Crippen molar-refractivity contribution in [1.82, 2.24) is 0 Å². The van der Waals surface area contributed by atoms with Gasteiger partial charge in [0.05, 0.1) is 12.2 Å². The van der Waals surface area contributed by atoms with Crippen molar-refractivity contribution in [3.05, 3.63) is 0 Å². The number of fused-ring (bicyclic) bond motifs is 2. The van der Waals surface area contributed by atoms with E-state index in [4.69, 9.17) is 10.00 Å². The molecule has 2 rings (SSSR count). The van der Waals surface area contributed by atoms with Gasteiger partial charge in [-0.3, -0.25) is 0 Å². The van der Waals surface area contributed by atoms with Gasteiger partial charge in [-0.05, 0) is 42.4 Å². The number of unbranched alkanes of at least 4 members (excludes halogenated alkanes) is 1. The fourth-order valence-electron chi connectivity index (χ4n) is 3.76. The number of nitrogens with zero attached hydrogens (tertiary/aromatic N) is 1. The van der Waals surface area contributed by atoms with E-state index >= 15 is 0 Å². The molecular weight excluding hydrogens is 198 g/mol. The van der Waals surface area contributed by atoms with Gasteiger partial charge in [0.25, 0.3) is 0 Å². The van der Waals surface area contributed by atoms with Gasteiger partial charge in [-0.25, -0.2) is 0 Å². The minimum atomic E-state index is 0.365. The van der Waals surface area contributed by atoms with Gasteiger partial charge < -0.3 is 4.74 Å². The van der Waals surface area contributed by atoms with Crippen LogP contribution in [0.25, 0.3) is 0 Å². The zero-order valence-electron chi connectivity index (χ0n) is 10.8. The Bertz CT molecular complexity index is 304. The Morgan fingerprint density at radius 1 is 1.38 bits per heavy atom. The highest BCUT2D eigenvalue weighted by atomic mass is 16.5.